The molecular formula is C13H16N4O3. The third-order valence-electron chi connectivity index (χ3n) is 2.96. The molecule has 2 rings (SSSR count). The number of rotatable bonds is 5. The molecule has 2 aromatic rings. The van der Waals surface area contributed by atoms with E-state index in [2.05, 4.69) is 15.5 Å². The molecule has 7 heteroatoms. The van der Waals surface area contributed by atoms with E-state index in [1.807, 2.05) is 13.8 Å². The van der Waals surface area contributed by atoms with Gasteiger partial charge in [-0.15, -0.1) is 0 Å². The van der Waals surface area contributed by atoms with Gasteiger partial charge >= 0.3 is 0 Å². The molecule has 0 atom stereocenters. The highest BCUT2D eigenvalue weighted by Crippen LogP contribution is 2.20. The highest BCUT2D eigenvalue weighted by Gasteiger charge is 2.13. The molecule has 0 saturated heterocycles. The average molecular weight is 276 g/mol. The Hall–Kier alpha value is -2.57. The van der Waals surface area contributed by atoms with Crippen LogP contribution in [0.25, 0.3) is 0 Å². The Morgan fingerprint density at radius 3 is 2.80 bits per heavy atom. The van der Waals surface area contributed by atoms with E-state index in [1.54, 1.807) is 12.3 Å². The number of nitrogens with two attached hydrogens (primary N) is 1. The Morgan fingerprint density at radius 1 is 1.50 bits per heavy atom. The Kier molecular flexibility index (Phi) is 3.88. The normalized spacial score (nSPS) is 10.3. The number of anilines is 1. The summed E-state index contributed by atoms with van der Waals surface area (Å²) in [7, 11) is 1.44. The SMILES string of the molecule is COc1ncc(NCc2c(C)noc2C)cc1C(N)=O. The molecule has 0 aliphatic rings. The van der Waals surface area contributed by atoms with Crippen LogP contribution in [0.1, 0.15) is 27.4 Å². The van der Waals surface area contributed by atoms with Gasteiger partial charge in [0.15, 0.2) is 0 Å². The second kappa shape index (κ2) is 5.60. The summed E-state index contributed by atoms with van der Waals surface area (Å²) in [5.74, 6) is 0.377. The van der Waals surface area contributed by atoms with Crippen LogP contribution in [0.15, 0.2) is 16.8 Å². The van der Waals surface area contributed by atoms with Gasteiger partial charge in [0.2, 0.25) is 5.88 Å². The number of hydrogen-bond acceptors (Lipinski definition) is 6. The average Bonchev–Trinajstić information content (AvgIpc) is 2.75. The maximum absolute atomic E-state index is 11.3. The number of aryl methyl sites for hydroxylation is 2. The van der Waals surface area contributed by atoms with Crippen molar-refractivity contribution in [2.45, 2.75) is 20.4 Å². The van der Waals surface area contributed by atoms with Crippen LogP contribution in [-0.2, 0) is 6.54 Å². The topological polar surface area (TPSA) is 103 Å². The van der Waals surface area contributed by atoms with Crippen LogP contribution in [0, 0.1) is 13.8 Å². The molecule has 2 heterocycles. The zero-order valence-corrected chi connectivity index (χ0v) is 11.6. The molecule has 7 nitrogen and oxygen atoms in total. The second-order valence-electron chi connectivity index (χ2n) is 4.30. The summed E-state index contributed by atoms with van der Waals surface area (Å²) in [6.45, 7) is 4.24. The first-order chi connectivity index (χ1) is 9.52. The fourth-order valence-corrected chi connectivity index (χ4v) is 1.83. The van der Waals surface area contributed by atoms with Crippen LogP contribution < -0.4 is 15.8 Å². The van der Waals surface area contributed by atoms with Crippen molar-refractivity contribution in [3.05, 3.63) is 34.8 Å². The fraction of sp³-hybridized carbons (Fsp3) is 0.308. The summed E-state index contributed by atoms with van der Waals surface area (Å²) in [5, 5.41) is 7.03. The third-order valence-corrected chi connectivity index (χ3v) is 2.96. The van der Waals surface area contributed by atoms with Gasteiger partial charge in [-0.1, -0.05) is 5.16 Å². The van der Waals surface area contributed by atoms with Crippen molar-refractivity contribution in [1.29, 1.82) is 0 Å². The highest BCUT2D eigenvalue weighted by molar-refractivity contribution is 5.95. The minimum atomic E-state index is -0.588. The van der Waals surface area contributed by atoms with E-state index in [4.69, 9.17) is 15.0 Å². The van der Waals surface area contributed by atoms with Gasteiger partial charge in [-0.2, -0.15) is 0 Å². The Balaban J connectivity index is 2.18. The van der Waals surface area contributed by atoms with Crippen LogP contribution in [0.4, 0.5) is 5.69 Å². The number of nitrogens with zero attached hydrogens (tertiary/aromatic N) is 2. The molecule has 0 aromatic carbocycles. The van der Waals surface area contributed by atoms with Gasteiger partial charge in [0.25, 0.3) is 5.91 Å². The minimum absolute atomic E-state index is 0.209. The number of methoxy groups -OCH3 is 1. The van der Waals surface area contributed by atoms with Gasteiger partial charge < -0.3 is 20.3 Å². The number of hydrogen-bond donors (Lipinski definition) is 2. The van der Waals surface area contributed by atoms with Crippen LogP contribution in [0.2, 0.25) is 0 Å². The van der Waals surface area contributed by atoms with E-state index in [-0.39, 0.29) is 11.4 Å². The quantitative estimate of drug-likeness (QED) is 0.855. The van der Waals surface area contributed by atoms with Crippen molar-refractivity contribution in [2.75, 3.05) is 12.4 Å². The Morgan fingerprint density at radius 2 is 2.25 bits per heavy atom. The van der Waals surface area contributed by atoms with Gasteiger partial charge in [0, 0.05) is 12.1 Å². The molecule has 0 aliphatic heterocycles. The summed E-state index contributed by atoms with van der Waals surface area (Å²) < 4.78 is 10.1. The van der Waals surface area contributed by atoms with Gasteiger partial charge in [0.05, 0.1) is 24.7 Å². The first kappa shape index (κ1) is 13.9. The monoisotopic (exact) mass is 276 g/mol. The first-order valence-corrected chi connectivity index (χ1v) is 6.02. The molecule has 0 fully saturated rings. The predicted octanol–water partition coefficient (Wildman–Crippen LogP) is 1.41. The van der Waals surface area contributed by atoms with Crippen LogP contribution in [-0.4, -0.2) is 23.2 Å². The largest absolute Gasteiger partial charge is 0.480 e. The Bertz CT molecular complexity index is 617. The third kappa shape index (κ3) is 2.71. The van der Waals surface area contributed by atoms with E-state index >= 15 is 0 Å². The summed E-state index contributed by atoms with van der Waals surface area (Å²) in [6.07, 6.45) is 1.57. The number of ether oxygens (including phenoxy) is 1. The van der Waals surface area contributed by atoms with E-state index in [9.17, 15) is 4.79 Å². The zero-order valence-electron chi connectivity index (χ0n) is 11.6. The Labute approximate surface area is 116 Å². The van der Waals surface area contributed by atoms with Crippen molar-refractivity contribution in [2.24, 2.45) is 5.73 Å². The van der Waals surface area contributed by atoms with E-state index in [1.165, 1.54) is 7.11 Å². The van der Waals surface area contributed by atoms with Crippen molar-refractivity contribution in [3.8, 4) is 5.88 Å². The molecule has 20 heavy (non-hydrogen) atoms. The first-order valence-electron chi connectivity index (χ1n) is 6.02. The lowest BCUT2D eigenvalue weighted by molar-refractivity contribution is 0.0996. The predicted molar refractivity (Wildman–Crippen MR) is 72.6 cm³/mol. The molecule has 2 aromatic heterocycles. The molecule has 1 amide bonds. The van der Waals surface area contributed by atoms with Gasteiger partial charge in [-0.25, -0.2) is 4.98 Å². The smallest absolute Gasteiger partial charge is 0.254 e. The van der Waals surface area contributed by atoms with Crippen molar-refractivity contribution in [3.63, 3.8) is 0 Å². The van der Waals surface area contributed by atoms with Gasteiger partial charge in [-0.05, 0) is 19.9 Å². The molecule has 0 spiro atoms. The molecule has 3 N–H and O–H groups in total. The molecule has 0 radical (unpaired) electrons. The molecule has 0 bridgehead atoms. The maximum atomic E-state index is 11.3. The minimum Gasteiger partial charge on any atom is -0.480 e. The van der Waals surface area contributed by atoms with E-state index in [0.717, 1.165) is 17.0 Å². The molecule has 0 unspecified atom stereocenters. The van der Waals surface area contributed by atoms with Crippen LogP contribution >= 0.6 is 0 Å². The fourth-order valence-electron chi connectivity index (χ4n) is 1.83. The number of aromatic nitrogens is 2. The second-order valence-corrected chi connectivity index (χ2v) is 4.30. The standard InChI is InChI=1S/C13H16N4O3/c1-7-11(8(2)20-17-7)6-15-9-4-10(12(14)18)13(19-3)16-5-9/h4-5,15H,6H2,1-3H3,(H2,14,18). The number of carbonyl (C=O) groups excluding carboxylic acids is 1. The van der Waals surface area contributed by atoms with Gasteiger partial charge in [0.1, 0.15) is 11.3 Å². The number of nitrogens with one attached hydrogen (secondary N) is 1. The molecule has 0 aliphatic carbocycles. The molecule has 106 valence electrons. The van der Waals surface area contributed by atoms with Crippen LogP contribution in [0.5, 0.6) is 5.88 Å². The van der Waals surface area contributed by atoms with Crippen molar-refractivity contribution >= 4 is 11.6 Å². The van der Waals surface area contributed by atoms with E-state index in [0.29, 0.717) is 12.2 Å². The van der Waals surface area contributed by atoms with Crippen molar-refractivity contribution in [1.82, 2.24) is 10.1 Å². The lowest BCUT2D eigenvalue weighted by atomic mass is 10.2. The molecule has 0 saturated carbocycles. The summed E-state index contributed by atoms with van der Waals surface area (Å²) in [5.41, 5.74) is 7.98. The van der Waals surface area contributed by atoms with Gasteiger partial charge in [-0.3, -0.25) is 4.79 Å². The number of carbonyl (C=O) groups is 1. The lowest BCUT2D eigenvalue weighted by Crippen LogP contribution is -2.14. The summed E-state index contributed by atoms with van der Waals surface area (Å²) in [6, 6.07) is 1.60. The number of pyridine rings is 1. The molecular weight excluding hydrogens is 260 g/mol. The van der Waals surface area contributed by atoms with Crippen LogP contribution in [0.3, 0.4) is 0 Å². The summed E-state index contributed by atoms with van der Waals surface area (Å²) in [4.78, 5) is 15.4. The highest BCUT2D eigenvalue weighted by atomic mass is 16.5. The summed E-state index contributed by atoms with van der Waals surface area (Å²) >= 11 is 0. The number of primary amides is 1. The number of amides is 1. The van der Waals surface area contributed by atoms with E-state index < -0.39 is 5.91 Å². The maximum Gasteiger partial charge on any atom is 0.254 e. The van der Waals surface area contributed by atoms with Crippen molar-refractivity contribution < 1.29 is 14.1 Å². The zero-order chi connectivity index (χ0) is 14.7. The lowest BCUT2D eigenvalue weighted by Gasteiger charge is -2.09.